The molecule has 0 atom stereocenters. The Morgan fingerprint density at radius 1 is 1.00 bits per heavy atom. The highest BCUT2D eigenvalue weighted by atomic mass is 16.4. The zero-order valence-electron chi connectivity index (χ0n) is 17.1. The fourth-order valence-electron chi connectivity index (χ4n) is 3.32. The van der Waals surface area contributed by atoms with Gasteiger partial charge in [0, 0.05) is 16.8 Å². The molecule has 0 bridgehead atoms. The molecule has 5 rings (SSSR count). The number of aromatic nitrogens is 5. The Hall–Kier alpha value is -4.59. The molecule has 0 aliphatic heterocycles. The van der Waals surface area contributed by atoms with Crippen molar-refractivity contribution in [1.29, 1.82) is 0 Å². The molecule has 0 unspecified atom stereocenters. The summed E-state index contributed by atoms with van der Waals surface area (Å²) >= 11 is 0. The molecule has 32 heavy (non-hydrogen) atoms. The second-order valence-electron chi connectivity index (χ2n) is 7.20. The third kappa shape index (κ3) is 3.89. The molecule has 0 spiro atoms. The van der Waals surface area contributed by atoms with Crippen LogP contribution in [0.25, 0.3) is 28.5 Å². The van der Waals surface area contributed by atoms with E-state index in [9.17, 15) is 4.79 Å². The van der Waals surface area contributed by atoms with Crippen LogP contribution in [0.2, 0.25) is 0 Å². The van der Waals surface area contributed by atoms with Crippen LogP contribution in [0.1, 0.15) is 15.9 Å². The Bertz CT molecular complexity index is 1370. The Kier molecular flexibility index (Phi) is 5.01. The van der Waals surface area contributed by atoms with E-state index in [1.807, 2.05) is 55.5 Å². The van der Waals surface area contributed by atoms with Crippen LogP contribution in [0.3, 0.4) is 0 Å². The summed E-state index contributed by atoms with van der Waals surface area (Å²) in [7, 11) is 0. The summed E-state index contributed by atoms with van der Waals surface area (Å²) in [6, 6.07) is 22.5. The van der Waals surface area contributed by atoms with E-state index in [-0.39, 0.29) is 5.91 Å². The summed E-state index contributed by atoms with van der Waals surface area (Å²) in [6.45, 7) is 2.03. The van der Waals surface area contributed by atoms with E-state index in [0.29, 0.717) is 28.5 Å². The first-order chi connectivity index (χ1) is 15.7. The van der Waals surface area contributed by atoms with Gasteiger partial charge in [0.1, 0.15) is 6.33 Å². The highest BCUT2D eigenvalue weighted by molar-refractivity contribution is 6.08. The molecule has 2 aromatic heterocycles. The molecule has 5 aromatic rings. The van der Waals surface area contributed by atoms with Crippen LogP contribution < -0.4 is 5.32 Å². The molecule has 0 aliphatic carbocycles. The Balaban J connectivity index is 1.42. The molecular formula is C24H18N6O2. The van der Waals surface area contributed by atoms with Gasteiger partial charge >= 0.3 is 0 Å². The number of oxazole rings is 1. The fraction of sp³-hybridized carbons (Fsp3) is 0.0417. The van der Waals surface area contributed by atoms with Crippen molar-refractivity contribution in [2.75, 3.05) is 5.32 Å². The van der Waals surface area contributed by atoms with Gasteiger partial charge in [-0.25, -0.2) is 9.67 Å². The van der Waals surface area contributed by atoms with Gasteiger partial charge in [-0.2, -0.15) is 0 Å². The van der Waals surface area contributed by atoms with E-state index in [1.165, 1.54) is 16.6 Å². The first kappa shape index (κ1) is 19.4. The van der Waals surface area contributed by atoms with E-state index >= 15 is 0 Å². The number of tetrazole rings is 1. The van der Waals surface area contributed by atoms with Crippen LogP contribution in [0.4, 0.5) is 5.69 Å². The van der Waals surface area contributed by atoms with E-state index in [4.69, 9.17) is 4.42 Å². The lowest BCUT2D eigenvalue weighted by molar-refractivity contribution is 0.102. The van der Waals surface area contributed by atoms with Crippen LogP contribution in [0, 0.1) is 6.92 Å². The summed E-state index contributed by atoms with van der Waals surface area (Å²) in [4.78, 5) is 17.5. The molecule has 0 saturated carbocycles. The summed E-state index contributed by atoms with van der Waals surface area (Å²) in [5.74, 6) is 0.752. The third-order valence-corrected chi connectivity index (χ3v) is 4.96. The van der Waals surface area contributed by atoms with Gasteiger partial charge in [0.15, 0.2) is 5.76 Å². The predicted molar refractivity (Wildman–Crippen MR) is 119 cm³/mol. The standard InChI is InChI=1S/C24H18N6O2/c1-16-9-11-17(12-10-16)22-14-25-24(32-22)21-8-3-2-7-20(21)23(31)27-18-5-4-6-19(13-18)30-15-26-28-29-30/h2-15H,1H3,(H,27,31). The number of carbonyl (C=O) groups excluding carboxylic acids is 1. The summed E-state index contributed by atoms with van der Waals surface area (Å²) in [5.41, 5.74) is 4.51. The van der Waals surface area contributed by atoms with Crippen molar-refractivity contribution in [2.45, 2.75) is 6.92 Å². The third-order valence-electron chi connectivity index (χ3n) is 4.96. The number of rotatable bonds is 5. The van der Waals surface area contributed by atoms with Gasteiger partial charge in [-0.15, -0.1) is 5.10 Å². The highest BCUT2D eigenvalue weighted by Gasteiger charge is 2.17. The molecule has 1 amide bonds. The zero-order chi connectivity index (χ0) is 21.9. The van der Waals surface area contributed by atoms with Crippen LogP contribution in [-0.4, -0.2) is 31.1 Å². The van der Waals surface area contributed by atoms with Gasteiger partial charge in [0.05, 0.1) is 17.4 Å². The number of benzene rings is 3. The van der Waals surface area contributed by atoms with Crippen molar-refractivity contribution in [2.24, 2.45) is 0 Å². The minimum absolute atomic E-state index is 0.274. The molecule has 3 aromatic carbocycles. The maximum absolute atomic E-state index is 13.1. The quantitative estimate of drug-likeness (QED) is 0.446. The molecular weight excluding hydrogens is 404 g/mol. The number of hydrogen-bond acceptors (Lipinski definition) is 6. The van der Waals surface area contributed by atoms with E-state index in [0.717, 1.165) is 11.3 Å². The van der Waals surface area contributed by atoms with Crippen LogP contribution in [-0.2, 0) is 0 Å². The van der Waals surface area contributed by atoms with Crippen molar-refractivity contribution in [3.63, 3.8) is 0 Å². The van der Waals surface area contributed by atoms with Crippen molar-refractivity contribution >= 4 is 11.6 Å². The first-order valence-corrected chi connectivity index (χ1v) is 9.94. The Morgan fingerprint density at radius 2 is 1.84 bits per heavy atom. The number of anilines is 1. The minimum atomic E-state index is -0.274. The summed E-state index contributed by atoms with van der Waals surface area (Å²) in [6.07, 6.45) is 3.16. The van der Waals surface area contributed by atoms with Crippen molar-refractivity contribution in [1.82, 2.24) is 25.2 Å². The SMILES string of the molecule is Cc1ccc(-c2cnc(-c3ccccc3C(=O)Nc3cccc(-n4cnnn4)c3)o2)cc1. The maximum atomic E-state index is 13.1. The zero-order valence-corrected chi connectivity index (χ0v) is 17.1. The molecule has 0 radical (unpaired) electrons. The normalized spacial score (nSPS) is 10.8. The van der Waals surface area contributed by atoms with Crippen LogP contribution in [0.5, 0.6) is 0 Å². The molecule has 1 N–H and O–H groups in total. The summed E-state index contributed by atoms with van der Waals surface area (Å²) in [5, 5.41) is 14.1. The molecule has 0 fully saturated rings. The van der Waals surface area contributed by atoms with E-state index in [2.05, 4.69) is 25.8 Å². The minimum Gasteiger partial charge on any atom is -0.436 e. The van der Waals surface area contributed by atoms with Crippen molar-refractivity contribution in [3.05, 3.63) is 96.4 Å². The predicted octanol–water partition coefficient (Wildman–Crippen LogP) is 4.55. The molecule has 0 saturated heterocycles. The molecule has 0 aliphatic rings. The monoisotopic (exact) mass is 422 g/mol. The Labute approximate surface area is 183 Å². The lowest BCUT2D eigenvalue weighted by Gasteiger charge is -2.09. The number of carbonyl (C=O) groups is 1. The topological polar surface area (TPSA) is 98.7 Å². The van der Waals surface area contributed by atoms with Crippen LogP contribution >= 0.6 is 0 Å². The lowest BCUT2D eigenvalue weighted by atomic mass is 10.1. The average molecular weight is 422 g/mol. The smallest absolute Gasteiger partial charge is 0.256 e. The fourth-order valence-corrected chi connectivity index (χ4v) is 3.32. The van der Waals surface area contributed by atoms with Gasteiger partial charge in [-0.05, 0) is 47.7 Å². The van der Waals surface area contributed by atoms with Gasteiger partial charge in [0.2, 0.25) is 5.89 Å². The Morgan fingerprint density at radius 3 is 2.66 bits per heavy atom. The molecule has 2 heterocycles. The average Bonchev–Trinajstić information content (AvgIpc) is 3.53. The molecule has 8 nitrogen and oxygen atoms in total. The highest BCUT2D eigenvalue weighted by Crippen LogP contribution is 2.29. The van der Waals surface area contributed by atoms with Crippen molar-refractivity contribution < 1.29 is 9.21 Å². The van der Waals surface area contributed by atoms with E-state index < -0.39 is 0 Å². The van der Waals surface area contributed by atoms with Gasteiger partial charge < -0.3 is 9.73 Å². The van der Waals surface area contributed by atoms with Gasteiger partial charge in [-0.1, -0.05) is 48.0 Å². The number of hydrogen-bond donors (Lipinski definition) is 1. The van der Waals surface area contributed by atoms with Crippen molar-refractivity contribution in [3.8, 4) is 28.5 Å². The second-order valence-corrected chi connectivity index (χ2v) is 7.20. The van der Waals surface area contributed by atoms with E-state index in [1.54, 1.807) is 30.5 Å². The molecule has 8 heteroatoms. The second kappa shape index (κ2) is 8.27. The van der Waals surface area contributed by atoms with Gasteiger partial charge in [0.25, 0.3) is 5.91 Å². The largest absolute Gasteiger partial charge is 0.436 e. The lowest BCUT2D eigenvalue weighted by Crippen LogP contribution is -2.13. The molecule has 156 valence electrons. The summed E-state index contributed by atoms with van der Waals surface area (Å²) < 4.78 is 7.50. The number of nitrogens with zero attached hydrogens (tertiary/aromatic N) is 5. The number of nitrogens with one attached hydrogen (secondary N) is 1. The maximum Gasteiger partial charge on any atom is 0.256 e. The first-order valence-electron chi connectivity index (χ1n) is 9.94. The number of aryl methyl sites for hydroxylation is 1. The van der Waals surface area contributed by atoms with Gasteiger partial charge in [-0.3, -0.25) is 4.79 Å². The number of amides is 1. The van der Waals surface area contributed by atoms with Crippen LogP contribution in [0.15, 0.2) is 89.7 Å².